The summed E-state index contributed by atoms with van der Waals surface area (Å²) >= 11 is 0. The minimum atomic E-state index is -0.970. The summed E-state index contributed by atoms with van der Waals surface area (Å²) in [7, 11) is 0. The van der Waals surface area contributed by atoms with Crippen molar-refractivity contribution in [3.63, 3.8) is 0 Å². The first-order valence-electron chi connectivity index (χ1n) is 21.9. The Morgan fingerprint density at radius 3 is 2.07 bits per heavy atom. The fourth-order valence-electron chi connectivity index (χ4n) is 8.86. The van der Waals surface area contributed by atoms with E-state index >= 15 is 0 Å². The zero-order valence-corrected chi connectivity index (χ0v) is 35.4. The first-order valence-corrected chi connectivity index (χ1v) is 21.9. The van der Waals surface area contributed by atoms with Crippen molar-refractivity contribution in [2.45, 2.75) is 193 Å². The fourth-order valence-corrected chi connectivity index (χ4v) is 8.86. The van der Waals surface area contributed by atoms with E-state index < -0.39 is 65.0 Å². The Balaban J connectivity index is 1.79. The van der Waals surface area contributed by atoms with Gasteiger partial charge in [-0.15, -0.1) is 0 Å². The fraction of sp³-hybridized carbons (Fsp3) is 0.818. The molecule has 1 aliphatic heterocycles. The van der Waals surface area contributed by atoms with Crippen LogP contribution in [0.4, 0.5) is 0 Å². The Kier molecular flexibility index (Phi) is 20.0. The molecule has 0 aromatic rings. The summed E-state index contributed by atoms with van der Waals surface area (Å²) < 4.78 is 11.4. The van der Waals surface area contributed by atoms with Gasteiger partial charge in [0.2, 0.25) is 23.5 Å². The number of nitrogens with zero attached hydrogens (tertiary/aromatic N) is 1. The molecule has 1 saturated heterocycles. The van der Waals surface area contributed by atoms with Gasteiger partial charge in [-0.2, -0.15) is 0 Å². The van der Waals surface area contributed by atoms with Gasteiger partial charge in [0, 0.05) is 56.9 Å². The summed E-state index contributed by atoms with van der Waals surface area (Å²) in [4.78, 5) is 108. The molecule has 13 nitrogen and oxygen atoms in total. The highest BCUT2D eigenvalue weighted by Gasteiger charge is 2.45. The maximum absolute atomic E-state index is 14.7. The predicted octanol–water partition coefficient (Wildman–Crippen LogP) is 5.89. The predicted molar refractivity (Wildman–Crippen MR) is 215 cm³/mol. The number of esters is 1. The minimum Gasteiger partial charge on any atom is -0.458 e. The van der Waals surface area contributed by atoms with E-state index in [1.165, 1.54) is 11.3 Å². The standard InChI is InChI=1S/C44H71N3O10/c1-6-8-20-35(42(45)54)46-39(51)22-21-37(49)41(53)31(15-7-2)24-38(50)36-26-33(56-28-40(52)57-44(3,4)5)27-47(36)43(55)34(30-18-13-10-14-19-30)25-32(48)23-29-16-11-9-12-17-29/h29-31,33-36H,6-28H2,1-5H3,(H2,45,54)(H,46,51)/t31?,33-,34?,35?,36+/m1/s1. The van der Waals surface area contributed by atoms with Crippen LogP contribution in [-0.2, 0) is 47.8 Å². The van der Waals surface area contributed by atoms with Crippen molar-refractivity contribution in [3.8, 4) is 0 Å². The molecule has 3 fully saturated rings. The number of likely N-dealkylation sites (tertiary alicyclic amines) is 1. The molecule has 2 saturated carbocycles. The molecular weight excluding hydrogens is 730 g/mol. The number of unbranched alkanes of at least 4 members (excludes halogenated alkanes) is 1. The molecule has 57 heavy (non-hydrogen) atoms. The van der Waals surface area contributed by atoms with Gasteiger partial charge in [-0.05, 0) is 58.3 Å². The second-order valence-electron chi connectivity index (χ2n) is 17.8. The third-order valence-electron chi connectivity index (χ3n) is 11.8. The van der Waals surface area contributed by atoms with Crippen LogP contribution < -0.4 is 11.1 Å². The van der Waals surface area contributed by atoms with Crippen LogP contribution in [0.1, 0.15) is 169 Å². The van der Waals surface area contributed by atoms with Crippen LogP contribution in [0.2, 0.25) is 0 Å². The second kappa shape index (κ2) is 23.8. The number of carbonyl (C=O) groups is 8. The number of Topliss-reactive ketones (excluding diaryl/α,β-unsaturated/α-hetero) is 4. The highest BCUT2D eigenvalue weighted by molar-refractivity contribution is 6.38. The maximum Gasteiger partial charge on any atom is 0.332 e. The smallest absolute Gasteiger partial charge is 0.332 e. The molecule has 0 aromatic carbocycles. The highest BCUT2D eigenvalue weighted by atomic mass is 16.6. The summed E-state index contributed by atoms with van der Waals surface area (Å²) in [6.45, 7) is 8.71. The molecule has 0 bridgehead atoms. The largest absolute Gasteiger partial charge is 0.458 e. The van der Waals surface area contributed by atoms with Crippen LogP contribution in [-0.4, -0.2) is 88.7 Å². The van der Waals surface area contributed by atoms with Crippen LogP contribution in [0, 0.1) is 23.7 Å². The lowest BCUT2D eigenvalue weighted by atomic mass is 9.75. The topological polar surface area (TPSA) is 196 Å². The lowest BCUT2D eigenvalue weighted by Gasteiger charge is -2.34. The third-order valence-corrected chi connectivity index (χ3v) is 11.8. The van der Waals surface area contributed by atoms with Crippen molar-refractivity contribution in [3.05, 3.63) is 0 Å². The van der Waals surface area contributed by atoms with Crippen molar-refractivity contribution in [1.29, 1.82) is 0 Å². The van der Waals surface area contributed by atoms with E-state index in [9.17, 15) is 38.4 Å². The Morgan fingerprint density at radius 1 is 0.825 bits per heavy atom. The lowest BCUT2D eigenvalue weighted by Crippen LogP contribution is -2.47. The zero-order valence-electron chi connectivity index (χ0n) is 35.4. The number of primary amides is 1. The van der Waals surface area contributed by atoms with E-state index in [1.54, 1.807) is 20.8 Å². The Labute approximate surface area is 340 Å². The summed E-state index contributed by atoms with van der Waals surface area (Å²) in [6, 6.07) is -1.84. The molecule has 322 valence electrons. The van der Waals surface area contributed by atoms with E-state index in [1.807, 2.05) is 13.8 Å². The third kappa shape index (κ3) is 16.4. The lowest BCUT2D eigenvalue weighted by molar-refractivity contribution is -0.162. The highest BCUT2D eigenvalue weighted by Crippen LogP contribution is 2.37. The summed E-state index contributed by atoms with van der Waals surface area (Å²) in [5.41, 5.74) is 4.70. The zero-order chi connectivity index (χ0) is 42.1. The maximum atomic E-state index is 14.7. The summed E-state index contributed by atoms with van der Waals surface area (Å²) in [6.07, 6.45) is 11.8. The van der Waals surface area contributed by atoms with E-state index in [4.69, 9.17) is 15.2 Å². The van der Waals surface area contributed by atoms with Crippen LogP contribution >= 0.6 is 0 Å². The van der Waals surface area contributed by atoms with Crippen LogP contribution in [0.3, 0.4) is 0 Å². The Morgan fingerprint density at radius 2 is 1.47 bits per heavy atom. The van der Waals surface area contributed by atoms with Gasteiger partial charge in [0.05, 0.1) is 12.1 Å². The van der Waals surface area contributed by atoms with Crippen LogP contribution in [0.15, 0.2) is 0 Å². The Hall–Kier alpha value is -3.48. The first-order chi connectivity index (χ1) is 27.0. The average Bonchev–Trinajstić information content (AvgIpc) is 3.60. The first kappa shape index (κ1) is 47.9. The van der Waals surface area contributed by atoms with Crippen molar-refractivity contribution in [2.24, 2.45) is 29.4 Å². The quantitative estimate of drug-likeness (QED) is 0.0877. The van der Waals surface area contributed by atoms with Crippen molar-refractivity contribution in [2.75, 3.05) is 13.2 Å². The number of hydrogen-bond acceptors (Lipinski definition) is 10. The average molecular weight is 802 g/mol. The molecule has 3 N–H and O–H groups in total. The molecule has 1 heterocycles. The van der Waals surface area contributed by atoms with Gasteiger partial charge >= 0.3 is 5.97 Å². The molecule has 13 heteroatoms. The van der Waals surface area contributed by atoms with Crippen molar-refractivity contribution < 1.29 is 47.8 Å². The van der Waals surface area contributed by atoms with Crippen molar-refractivity contribution in [1.82, 2.24) is 10.2 Å². The van der Waals surface area contributed by atoms with Gasteiger partial charge in [0.1, 0.15) is 24.0 Å². The summed E-state index contributed by atoms with van der Waals surface area (Å²) in [5.74, 6) is -5.12. The molecule has 5 atom stereocenters. The molecule has 3 aliphatic rings. The molecule has 2 aliphatic carbocycles. The number of ether oxygens (including phenoxy) is 2. The van der Waals surface area contributed by atoms with Crippen LogP contribution in [0.25, 0.3) is 0 Å². The number of nitrogens with two attached hydrogens (primary N) is 1. The number of rotatable bonds is 24. The van der Waals surface area contributed by atoms with Gasteiger partial charge in [0.15, 0.2) is 11.6 Å². The van der Waals surface area contributed by atoms with Crippen LogP contribution in [0.5, 0.6) is 0 Å². The number of nitrogens with one attached hydrogen (secondary N) is 1. The molecule has 0 spiro atoms. The molecule has 3 amide bonds. The SMILES string of the molecule is CCCCC(NC(=O)CCC(=O)C(=O)C(CCC)CC(=O)[C@@H]1C[C@@H](OCC(=O)OC(C)(C)C)CN1C(=O)C(CC(=O)CC1CCCCC1)C1CCCCC1)C(N)=O. The molecule has 0 aromatic heterocycles. The molecule has 3 rings (SSSR count). The second-order valence-corrected chi connectivity index (χ2v) is 17.8. The number of hydrogen-bond donors (Lipinski definition) is 2. The Bertz CT molecular complexity index is 1390. The monoisotopic (exact) mass is 802 g/mol. The van der Waals surface area contributed by atoms with E-state index in [0.29, 0.717) is 31.6 Å². The number of ketones is 4. The van der Waals surface area contributed by atoms with Gasteiger partial charge in [-0.25, -0.2) is 4.79 Å². The van der Waals surface area contributed by atoms with Gasteiger partial charge in [-0.3, -0.25) is 33.6 Å². The normalized spacial score (nSPS) is 21.0. The molecular formula is C44H71N3O10. The van der Waals surface area contributed by atoms with Gasteiger partial charge in [-0.1, -0.05) is 84.5 Å². The number of amides is 3. The molecule has 0 radical (unpaired) electrons. The van der Waals surface area contributed by atoms with Crippen molar-refractivity contribution >= 4 is 46.8 Å². The van der Waals surface area contributed by atoms with E-state index in [2.05, 4.69) is 5.32 Å². The van der Waals surface area contributed by atoms with E-state index in [-0.39, 0.29) is 75.1 Å². The summed E-state index contributed by atoms with van der Waals surface area (Å²) in [5, 5.41) is 2.55. The van der Waals surface area contributed by atoms with Gasteiger partial charge < -0.3 is 25.4 Å². The number of carbonyl (C=O) groups excluding carboxylic acids is 8. The minimum absolute atomic E-state index is 0.00757. The van der Waals surface area contributed by atoms with Gasteiger partial charge in [0.25, 0.3) is 0 Å². The van der Waals surface area contributed by atoms with E-state index in [0.717, 1.165) is 64.2 Å². The molecule has 3 unspecified atom stereocenters.